The molecule has 3 nitrogen and oxygen atoms in total. The van der Waals surface area contributed by atoms with Crippen LogP contribution in [0.2, 0.25) is 0 Å². The van der Waals surface area contributed by atoms with E-state index in [1.165, 1.54) is 12.8 Å². The molecule has 0 bridgehead atoms. The van der Waals surface area contributed by atoms with Crippen molar-refractivity contribution in [2.45, 2.75) is 31.7 Å². The van der Waals surface area contributed by atoms with Crippen molar-refractivity contribution in [1.82, 2.24) is 10.3 Å². The second-order valence-corrected chi connectivity index (χ2v) is 7.91. The lowest BCUT2D eigenvalue weighted by Crippen LogP contribution is -2.17. The molecule has 2 heterocycles. The van der Waals surface area contributed by atoms with Gasteiger partial charge in [0.25, 0.3) is 0 Å². The summed E-state index contributed by atoms with van der Waals surface area (Å²) in [4.78, 5) is 5.44. The molecule has 1 saturated carbocycles. The molecule has 0 spiro atoms. The van der Waals surface area contributed by atoms with Gasteiger partial charge in [-0.15, -0.1) is 11.3 Å². The Balaban J connectivity index is 1.55. The number of hydrogen-bond acceptors (Lipinski definition) is 4. The third-order valence-corrected chi connectivity index (χ3v) is 6.29. The van der Waals surface area contributed by atoms with Crippen LogP contribution < -0.4 is 5.32 Å². The fraction of sp³-hybridized carbons (Fsp3) is 0.462. The van der Waals surface area contributed by atoms with E-state index in [0.717, 1.165) is 50.2 Å². The number of aromatic nitrogens is 1. The Bertz CT molecular complexity index is 543. The molecule has 3 rings (SSSR count). The zero-order valence-corrected chi connectivity index (χ0v) is 14.3. The maximum atomic E-state index is 5.79. The van der Waals surface area contributed by atoms with E-state index in [2.05, 4.69) is 42.2 Å². The van der Waals surface area contributed by atoms with Gasteiger partial charge in [0.15, 0.2) is 11.7 Å². The second-order valence-electron chi connectivity index (χ2n) is 4.68. The van der Waals surface area contributed by atoms with Gasteiger partial charge in [-0.1, -0.05) is 0 Å². The number of thiophene rings is 1. The van der Waals surface area contributed by atoms with E-state index >= 15 is 0 Å². The van der Waals surface area contributed by atoms with Crippen molar-refractivity contribution in [1.29, 1.82) is 0 Å². The predicted molar refractivity (Wildman–Crippen MR) is 84.6 cm³/mol. The van der Waals surface area contributed by atoms with Crippen LogP contribution in [0.3, 0.4) is 0 Å². The monoisotopic (exact) mass is 404 g/mol. The van der Waals surface area contributed by atoms with E-state index in [9.17, 15) is 0 Å². The normalized spacial score (nSPS) is 15.1. The number of nitrogens with zero attached hydrogens (tertiary/aromatic N) is 1. The van der Waals surface area contributed by atoms with Crippen molar-refractivity contribution in [3.05, 3.63) is 26.4 Å². The molecule has 0 saturated heterocycles. The zero-order valence-electron chi connectivity index (χ0n) is 10.3. The molecule has 1 aliphatic rings. The van der Waals surface area contributed by atoms with Gasteiger partial charge in [-0.3, -0.25) is 0 Å². The fourth-order valence-corrected chi connectivity index (χ4v) is 3.82. The molecule has 1 fully saturated rings. The summed E-state index contributed by atoms with van der Waals surface area (Å²) in [5.41, 5.74) is 0. The smallest absolute Gasteiger partial charge is 0.194 e. The maximum absolute atomic E-state index is 5.79. The zero-order chi connectivity index (χ0) is 13.2. The number of halogens is 2. The van der Waals surface area contributed by atoms with Crippen molar-refractivity contribution < 1.29 is 4.42 Å². The number of rotatable bonds is 6. The molecular formula is C13H14Br2N2OS. The Morgan fingerprint density at radius 1 is 1.42 bits per heavy atom. The van der Waals surface area contributed by atoms with E-state index in [-0.39, 0.29) is 0 Å². The summed E-state index contributed by atoms with van der Waals surface area (Å²) in [5, 5.41) is 3.50. The van der Waals surface area contributed by atoms with Crippen LogP contribution in [0.4, 0.5) is 0 Å². The Morgan fingerprint density at radius 2 is 2.26 bits per heavy atom. The van der Waals surface area contributed by atoms with Gasteiger partial charge >= 0.3 is 0 Å². The average molecular weight is 406 g/mol. The van der Waals surface area contributed by atoms with Gasteiger partial charge in [0.1, 0.15) is 0 Å². The van der Waals surface area contributed by atoms with Gasteiger partial charge in [0.05, 0.1) is 14.9 Å². The first-order valence-electron chi connectivity index (χ1n) is 6.35. The number of oxazole rings is 1. The van der Waals surface area contributed by atoms with Crippen LogP contribution in [0.5, 0.6) is 0 Å². The van der Waals surface area contributed by atoms with E-state index in [0.29, 0.717) is 0 Å². The van der Waals surface area contributed by atoms with Crippen LogP contribution in [0.25, 0.3) is 10.6 Å². The number of nitrogens with one attached hydrogen (secondary N) is 1. The largest absolute Gasteiger partial charge is 0.440 e. The van der Waals surface area contributed by atoms with Gasteiger partial charge in [0, 0.05) is 16.9 Å². The van der Waals surface area contributed by atoms with Gasteiger partial charge in [0.2, 0.25) is 0 Å². The summed E-state index contributed by atoms with van der Waals surface area (Å²) in [6.45, 7) is 1.05. The molecule has 0 unspecified atom stereocenters. The first-order chi connectivity index (χ1) is 9.22. The second kappa shape index (κ2) is 6.08. The molecule has 2 aromatic rings. The SMILES string of the molecule is Brc1cc(-c2cnc(CCCNC3CC3)o2)sc1Br. The highest BCUT2D eigenvalue weighted by Crippen LogP contribution is 2.38. The van der Waals surface area contributed by atoms with Crippen LogP contribution in [-0.4, -0.2) is 17.6 Å². The minimum absolute atomic E-state index is 0.779. The summed E-state index contributed by atoms with van der Waals surface area (Å²) in [5.74, 6) is 1.68. The summed E-state index contributed by atoms with van der Waals surface area (Å²) in [6.07, 6.45) is 6.46. The van der Waals surface area contributed by atoms with Crippen LogP contribution in [0, 0.1) is 0 Å². The summed E-state index contributed by atoms with van der Waals surface area (Å²) >= 11 is 8.62. The standard InChI is InChI=1S/C13H14Br2N2OS/c14-9-6-11(19-13(9)15)10-7-17-12(18-10)2-1-5-16-8-3-4-8/h6-8,16H,1-5H2. The lowest BCUT2D eigenvalue weighted by Gasteiger charge is -1.99. The summed E-state index contributed by atoms with van der Waals surface area (Å²) in [7, 11) is 0. The van der Waals surface area contributed by atoms with Gasteiger partial charge in [-0.25, -0.2) is 4.98 Å². The first kappa shape index (κ1) is 13.8. The minimum atomic E-state index is 0.779. The van der Waals surface area contributed by atoms with Crippen molar-refractivity contribution >= 4 is 43.2 Å². The lowest BCUT2D eigenvalue weighted by atomic mass is 10.3. The molecule has 0 aromatic carbocycles. The van der Waals surface area contributed by atoms with E-state index in [4.69, 9.17) is 4.42 Å². The Hall–Kier alpha value is -0.170. The molecule has 1 aliphatic carbocycles. The van der Waals surface area contributed by atoms with Crippen molar-refractivity contribution in [2.24, 2.45) is 0 Å². The molecule has 6 heteroatoms. The molecule has 0 aliphatic heterocycles. The molecule has 0 radical (unpaired) electrons. The number of hydrogen-bond donors (Lipinski definition) is 1. The molecule has 102 valence electrons. The molecule has 1 N–H and O–H groups in total. The Kier molecular flexibility index (Phi) is 4.41. The fourth-order valence-electron chi connectivity index (χ4n) is 1.84. The van der Waals surface area contributed by atoms with Crippen LogP contribution in [0.15, 0.2) is 24.9 Å². The Morgan fingerprint density at radius 3 is 2.95 bits per heavy atom. The summed E-state index contributed by atoms with van der Waals surface area (Å²) < 4.78 is 7.92. The predicted octanol–water partition coefficient (Wildman–Crippen LogP) is 4.61. The third kappa shape index (κ3) is 3.68. The molecular weight excluding hydrogens is 392 g/mol. The van der Waals surface area contributed by atoms with Gasteiger partial charge in [-0.05, 0) is 63.7 Å². The van der Waals surface area contributed by atoms with E-state index in [1.807, 2.05) is 12.3 Å². The van der Waals surface area contributed by atoms with Gasteiger partial charge in [-0.2, -0.15) is 0 Å². The molecule has 19 heavy (non-hydrogen) atoms. The van der Waals surface area contributed by atoms with Crippen LogP contribution in [0.1, 0.15) is 25.2 Å². The first-order valence-corrected chi connectivity index (χ1v) is 8.76. The maximum Gasteiger partial charge on any atom is 0.194 e. The van der Waals surface area contributed by atoms with E-state index in [1.54, 1.807) is 11.3 Å². The third-order valence-electron chi connectivity index (χ3n) is 3.02. The average Bonchev–Trinajstić information content (AvgIpc) is 2.99. The Labute approximate surface area is 133 Å². The topological polar surface area (TPSA) is 38.1 Å². The lowest BCUT2D eigenvalue weighted by molar-refractivity contribution is 0.492. The highest BCUT2D eigenvalue weighted by molar-refractivity contribution is 9.13. The van der Waals surface area contributed by atoms with Crippen molar-refractivity contribution in [2.75, 3.05) is 6.54 Å². The van der Waals surface area contributed by atoms with E-state index < -0.39 is 0 Å². The molecule has 0 atom stereocenters. The highest BCUT2D eigenvalue weighted by Gasteiger charge is 2.19. The summed E-state index contributed by atoms with van der Waals surface area (Å²) in [6, 6.07) is 2.83. The van der Waals surface area contributed by atoms with Crippen molar-refractivity contribution in [3.63, 3.8) is 0 Å². The minimum Gasteiger partial charge on any atom is -0.440 e. The van der Waals surface area contributed by atoms with Crippen LogP contribution in [-0.2, 0) is 6.42 Å². The highest BCUT2D eigenvalue weighted by atomic mass is 79.9. The molecule has 0 amide bonds. The number of aryl methyl sites for hydroxylation is 1. The van der Waals surface area contributed by atoms with Gasteiger partial charge < -0.3 is 9.73 Å². The van der Waals surface area contributed by atoms with Crippen LogP contribution >= 0.6 is 43.2 Å². The van der Waals surface area contributed by atoms with Crippen molar-refractivity contribution in [3.8, 4) is 10.6 Å². The molecule has 2 aromatic heterocycles. The quantitative estimate of drug-likeness (QED) is 0.713.